The van der Waals surface area contributed by atoms with Crippen molar-refractivity contribution in [2.75, 3.05) is 18.2 Å². The van der Waals surface area contributed by atoms with E-state index in [0.29, 0.717) is 11.0 Å². The smallest absolute Gasteiger partial charge is 0.234 e. The van der Waals surface area contributed by atoms with Crippen LogP contribution in [0.1, 0.15) is 11.4 Å². The van der Waals surface area contributed by atoms with E-state index in [2.05, 4.69) is 36.8 Å². The molecular weight excluding hydrogens is 561 g/mol. The van der Waals surface area contributed by atoms with Crippen LogP contribution >= 0.6 is 27.7 Å². The molecule has 4 aromatic rings. The van der Waals surface area contributed by atoms with Crippen LogP contribution < -0.4 is 15.4 Å². The molecule has 0 radical (unpaired) electrons. The molecule has 0 spiro atoms. The highest BCUT2D eigenvalue weighted by Crippen LogP contribution is 2.24. The van der Waals surface area contributed by atoms with E-state index in [1.54, 1.807) is 35.9 Å². The summed E-state index contributed by atoms with van der Waals surface area (Å²) < 4.78 is 21.7. The Kier molecular flexibility index (Phi) is 8.91. The minimum absolute atomic E-state index is 0.00712. The summed E-state index contributed by atoms with van der Waals surface area (Å²) in [5.41, 5.74) is 1.73. The monoisotopic (exact) mass is 583 g/mol. The van der Waals surface area contributed by atoms with Gasteiger partial charge in [0.25, 0.3) is 0 Å². The Hall–Kier alpha value is -3.70. The van der Waals surface area contributed by atoms with Crippen LogP contribution in [0, 0.1) is 5.82 Å². The number of hydrogen-bond acceptors (Lipinski definition) is 6. The minimum Gasteiger partial charge on any atom is -0.497 e. The zero-order chi connectivity index (χ0) is 26.2. The number of amides is 2. The number of halogens is 2. The molecule has 0 saturated heterocycles. The SMILES string of the molecule is COc1ccc(CC(=O)NCc2nnc(SCC(=O)Nc3ccccc3F)n2-c2ccc(Br)cc2)cc1. The number of para-hydroxylation sites is 1. The van der Waals surface area contributed by atoms with Gasteiger partial charge in [0.2, 0.25) is 11.8 Å². The molecule has 0 unspecified atom stereocenters. The largest absolute Gasteiger partial charge is 0.497 e. The molecule has 1 aromatic heterocycles. The van der Waals surface area contributed by atoms with Gasteiger partial charge in [-0.05, 0) is 54.1 Å². The zero-order valence-corrected chi connectivity index (χ0v) is 22.2. The van der Waals surface area contributed by atoms with Crippen LogP contribution in [0.15, 0.2) is 82.4 Å². The van der Waals surface area contributed by atoms with Gasteiger partial charge in [0.05, 0.1) is 31.5 Å². The highest BCUT2D eigenvalue weighted by molar-refractivity contribution is 9.10. The van der Waals surface area contributed by atoms with Crippen molar-refractivity contribution in [3.05, 3.63) is 94.5 Å². The summed E-state index contributed by atoms with van der Waals surface area (Å²) in [6.45, 7) is 0.139. The van der Waals surface area contributed by atoms with E-state index in [4.69, 9.17) is 4.74 Å². The average molecular weight is 584 g/mol. The Bertz CT molecular complexity index is 1380. The predicted molar refractivity (Wildman–Crippen MR) is 143 cm³/mol. The van der Waals surface area contributed by atoms with Gasteiger partial charge in [-0.3, -0.25) is 14.2 Å². The minimum atomic E-state index is -0.508. The highest BCUT2D eigenvalue weighted by atomic mass is 79.9. The van der Waals surface area contributed by atoms with Crippen molar-refractivity contribution in [1.82, 2.24) is 20.1 Å². The number of carbonyl (C=O) groups excluding carboxylic acids is 2. The van der Waals surface area contributed by atoms with Gasteiger partial charge in [-0.25, -0.2) is 4.39 Å². The standard InChI is InChI=1S/C26H23BrFN5O3S/c1-36-20-12-6-17(7-13-20)14-24(34)29-15-23-31-32-26(33(23)19-10-8-18(27)9-11-19)37-16-25(35)30-22-5-3-2-4-21(22)28/h2-13H,14-16H2,1H3,(H,29,34)(H,30,35). The number of rotatable bonds is 10. The molecule has 3 aromatic carbocycles. The molecular formula is C26H23BrFN5O3S. The van der Waals surface area contributed by atoms with Crippen LogP contribution in [0.5, 0.6) is 5.75 Å². The summed E-state index contributed by atoms with van der Waals surface area (Å²) in [5, 5.41) is 14.4. The van der Waals surface area contributed by atoms with E-state index >= 15 is 0 Å². The van der Waals surface area contributed by atoms with Crippen LogP contribution in [0.3, 0.4) is 0 Å². The van der Waals surface area contributed by atoms with Crippen LogP contribution in [-0.2, 0) is 22.6 Å². The van der Waals surface area contributed by atoms with Gasteiger partial charge < -0.3 is 15.4 Å². The Morgan fingerprint density at radius 3 is 2.43 bits per heavy atom. The first-order valence-corrected chi connectivity index (χ1v) is 13.0. The number of nitrogens with one attached hydrogen (secondary N) is 2. The van der Waals surface area contributed by atoms with Crippen LogP contribution in [0.25, 0.3) is 5.69 Å². The van der Waals surface area contributed by atoms with Crippen molar-refractivity contribution in [3.63, 3.8) is 0 Å². The number of thioether (sulfide) groups is 1. The normalized spacial score (nSPS) is 10.7. The first-order valence-electron chi connectivity index (χ1n) is 11.2. The molecule has 0 aliphatic heterocycles. The molecule has 2 N–H and O–H groups in total. The Morgan fingerprint density at radius 2 is 1.73 bits per heavy atom. The maximum atomic E-state index is 13.9. The van der Waals surface area contributed by atoms with Crippen LogP contribution in [-0.4, -0.2) is 39.4 Å². The summed E-state index contributed by atoms with van der Waals surface area (Å²) in [6, 6.07) is 20.8. The fourth-order valence-corrected chi connectivity index (χ4v) is 4.44. The molecule has 4 rings (SSSR count). The lowest BCUT2D eigenvalue weighted by Gasteiger charge is -2.11. The zero-order valence-electron chi connectivity index (χ0n) is 19.8. The lowest BCUT2D eigenvalue weighted by Crippen LogP contribution is -2.26. The average Bonchev–Trinajstić information content (AvgIpc) is 3.31. The third-order valence-electron chi connectivity index (χ3n) is 5.23. The van der Waals surface area contributed by atoms with Crippen molar-refractivity contribution in [3.8, 4) is 11.4 Å². The molecule has 190 valence electrons. The van der Waals surface area contributed by atoms with Crippen molar-refractivity contribution >= 4 is 45.2 Å². The highest BCUT2D eigenvalue weighted by Gasteiger charge is 2.17. The van der Waals surface area contributed by atoms with E-state index in [0.717, 1.165) is 33.2 Å². The molecule has 2 amide bonds. The fourth-order valence-electron chi connectivity index (χ4n) is 3.41. The molecule has 0 atom stereocenters. The maximum absolute atomic E-state index is 13.9. The van der Waals surface area contributed by atoms with Crippen molar-refractivity contribution < 1.29 is 18.7 Å². The number of anilines is 1. The van der Waals surface area contributed by atoms with E-state index in [9.17, 15) is 14.0 Å². The van der Waals surface area contributed by atoms with Crippen LogP contribution in [0.2, 0.25) is 0 Å². The summed E-state index contributed by atoms with van der Waals surface area (Å²) in [4.78, 5) is 25.0. The van der Waals surface area contributed by atoms with Crippen molar-refractivity contribution in [2.45, 2.75) is 18.1 Å². The van der Waals surface area contributed by atoms with Crippen molar-refractivity contribution in [1.29, 1.82) is 0 Å². The van der Waals surface area contributed by atoms with E-state index in [1.165, 1.54) is 12.1 Å². The molecule has 0 aliphatic rings. The topological polar surface area (TPSA) is 98.1 Å². The summed E-state index contributed by atoms with van der Waals surface area (Å²) >= 11 is 4.59. The van der Waals surface area contributed by atoms with E-state index in [1.807, 2.05) is 36.4 Å². The number of ether oxygens (including phenoxy) is 1. The second-order valence-electron chi connectivity index (χ2n) is 7.83. The van der Waals surface area contributed by atoms with Gasteiger partial charge >= 0.3 is 0 Å². The van der Waals surface area contributed by atoms with Gasteiger partial charge in [0.15, 0.2) is 11.0 Å². The van der Waals surface area contributed by atoms with Gasteiger partial charge in [0.1, 0.15) is 11.6 Å². The first-order chi connectivity index (χ1) is 17.9. The van der Waals surface area contributed by atoms with Gasteiger partial charge in [-0.1, -0.05) is 52.0 Å². The third kappa shape index (κ3) is 7.17. The summed E-state index contributed by atoms with van der Waals surface area (Å²) in [6.07, 6.45) is 0.203. The van der Waals surface area contributed by atoms with Crippen LogP contribution in [0.4, 0.5) is 10.1 Å². The fraction of sp³-hybridized carbons (Fsp3) is 0.154. The molecule has 8 nitrogen and oxygen atoms in total. The summed E-state index contributed by atoms with van der Waals surface area (Å²) in [5.74, 6) is 0.157. The molecule has 0 saturated carbocycles. The van der Waals surface area contributed by atoms with E-state index in [-0.39, 0.29) is 36.2 Å². The second kappa shape index (κ2) is 12.5. The maximum Gasteiger partial charge on any atom is 0.234 e. The molecule has 1 heterocycles. The lowest BCUT2D eigenvalue weighted by molar-refractivity contribution is -0.120. The van der Waals surface area contributed by atoms with Gasteiger partial charge in [0, 0.05) is 10.2 Å². The third-order valence-corrected chi connectivity index (χ3v) is 6.69. The number of methoxy groups -OCH3 is 1. The molecule has 0 fully saturated rings. The summed E-state index contributed by atoms with van der Waals surface area (Å²) in [7, 11) is 1.59. The van der Waals surface area contributed by atoms with Gasteiger partial charge in [-0.2, -0.15) is 0 Å². The number of aromatic nitrogens is 3. The number of benzene rings is 3. The lowest BCUT2D eigenvalue weighted by atomic mass is 10.1. The number of nitrogens with zero attached hydrogens (tertiary/aromatic N) is 3. The van der Waals surface area contributed by atoms with Gasteiger partial charge in [-0.15, -0.1) is 10.2 Å². The van der Waals surface area contributed by atoms with Crippen molar-refractivity contribution in [2.24, 2.45) is 0 Å². The molecule has 37 heavy (non-hydrogen) atoms. The predicted octanol–water partition coefficient (Wildman–Crippen LogP) is 4.77. The number of carbonyl (C=O) groups is 2. The molecule has 11 heteroatoms. The Balaban J connectivity index is 1.45. The molecule has 0 bridgehead atoms. The quantitative estimate of drug-likeness (QED) is 0.261. The van der Waals surface area contributed by atoms with E-state index < -0.39 is 5.82 Å². The second-order valence-corrected chi connectivity index (χ2v) is 9.69. The first kappa shape index (κ1) is 26.4. The molecule has 0 aliphatic carbocycles. The Labute approximate surface area is 225 Å². The number of hydrogen-bond donors (Lipinski definition) is 2. The Morgan fingerprint density at radius 1 is 1.00 bits per heavy atom.